The van der Waals surface area contributed by atoms with Crippen molar-refractivity contribution in [1.29, 1.82) is 0 Å². The molecule has 3 rings (SSSR count). The minimum Gasteiger partial charge on any atom is -0.385 e. The molecule has 1 aliphatic rings. The van der Waals surface area contributed by atoms with Crippen molar-refractivity contribution in [2.24, 2.45) is 5.92 Å². The first-order chi connectivity index (χ1) is 13.8. The molecule has 0 radical (unpaired) electrons. The van der Waals surface area contributed by atoms with E-state index in [-0.39, 0.29) is 0 Å². The molecule has 0 saturated heterocycles. The molecule has 2 aromatic rings. The summed E-state index contributed by atoms with van der Waals surface area (Å²) in [7, 11) is 0. The van der Waals surface area contributed by atoms with Crippen LogP contribution in [0.3, 0.4) is 0 Å². The largest absolute Gasteiger partial charge is 0.385 e. The Kier molecular flexibility index (Phi) is 6.79. The summed E-state index contributed by atoms with van der Waals surface area (Å²) >= 11 is 0. The summed E-state index contributed by atoms with van der Waals surface area (Å²) in [6.07, 6.45) is 7.35. The minimum atomic E-state index is 0.588. The predicted molar refractivity (Wildman–Crippen MR) is 128 cm³/mol. The first-order valence-electron chi connectivity index (χ1n) is 10.8. The van der Waals surface area contributed by atoms with Crippen LogP contribution in [0.4, 0.5) is 0 Å². The number of rotatable bonds is 5. The van der Waals surface area contributed by atoms with Crippen molar-refractivity contribution >= 4 is 17.3 Å². The lowest BCUT2D eigenvalue weighted by Gasteiger charge is -2.28. The highest BCUT2D eigenvalue weighted by molar-refractivity contribution is 5.86. The van der Waals surface area contributed by atoms with Gasteiger partial charge in [0.25, 0.3) is 0 Å². The van der Waals surface area contributed by atoms with Crippen LogP contribution in [0, 0.1) is 19.8 Å². The Morgan fingerprint density at radius 3 is 2.38 bits per heavy atom. The first-order valence-corrected chi connectivity index (χ1v) is 10.8. The van der Waals surface area contributed by atoms with Crippen LogP contribution >= 0.6 is 0 Å². The Hall–Kier alpha value is -2.54. The van der Waals surface area contributed by atoms with Gasteiger partial charge in [0.15, 0.2) is 0 Å². The third kappa shape index (κ3) is 5.29. The molecule has 152 valence electrons. The maximum Gasteiger partial charge on any atom is 0.0258 e. The normalized spacial score (nSPS) is 20.9. The summed E-state index contributed by atoms with van der Waals surface area (Å²) in [5.74, 6) is 0.868. The summed E-state index contributed by atoms with van der Waals surface area (Å²) in [5.41, 5.74) is 6.88. The van der Waals surface area contributed by atoms with E-state index >= 15 is 0 Å². The Labute approximate surface area is 176 Å². The minimum absolute atomic E-state index is 0.588. The molecule has 0 spiro atoms. The van der Waals surface area contributed by atoms with Crippen LogP contribution in [0.5, 0.6) is 0 Å². The fourth-order valence-electron chi connectivity index (χ4n) is 4.27. The van der Waals surface area contributed by atoms with Crippen molar-refractivity contribution in [1.82, 2.24) is 5.32 Å². The predicted octanol–water partition coefficient (Wildman–Crippen LogP) is 5.65. The molecular weight excluding hydrogens is 350 g/mol. The summed E-state index contributed by atoms with van der Waals surface area (Å²) < 4.78 is 0. The number of nitrogens with one attached hydrogen (secondary N) is 1. The van der Waals surface area contributed by atoms with Crippen molar-refractivity contribution in [3.05, 3.63) is 88.3 Å². The number of allylic oxidation sites excluding steroid dienone is 2. The second-order valence-corrected chi connectivity index (χ2v) is 8.78. The molecule has 1 fully saturated rings. The molecule has 1 heteroatoms. The first kappa shape index (κ1) is 21.2. The van der Waals surface area contributed by atoms with Gasteiger partial charge in [0.1, 0.15) is 0 Å². The van der Waals surface area contributed by atoms with E-state index in [1.54, 1.807) is 0 Å². The fraction of sp³-hybridized carbons (Fsp3) is 0.357. The van der Waals surface area contributed by atoms with Crippen LogP contribution in [0.1, 0.15) is 56.2 Å². The van der Waals surface area contributed by atoms with E-state index in [1.807, 2.05) is 0 Å². The molecule has 0 atom stereocenters. The zero-order valence-electron chi connectivity index (χ0n) is 18.5. The van der Waals surface area contributed by atoms with Crippen LogP contribution in [-0.4, -0.2) is 6.04 Å². The standard InChI is InChI=1S/C28H35N/c1-19-12-15-26(16-13-19)29-24(6)28-17-20(2)11-14-25(28)18-22(4)23(5)27-10-8-7-9-21(27)3/h7-11,14,17-19,26,29H,4-5,12-13,15-16H2,1-3,6H3/b25-18-,28-24+. The van der Waals surface area contributed by atoms with Gasteiger partial charge < -0.3 is 5.32 Å². The monoisotopic (exact) mass is 385 g/mol. The molecule has 0 aromatic heterocycles. The molecule has 0 unspecified atom stereocenters. The summed E-state index contributed by atoms with van der Waals surface area (Å²) in [5, 5.41) is 6.28. The molecule has 0 bridgehead atoms. The lowest BCUT2D eigenvalue weighted by molar-refractivity contribution is 0.327. The topological polar surface area (TPSA) is 12.0 Å². The van der Waals surface area contributed by atoms with E-state index in [0.29, 0.717) is 6.04 Å². The Bertz CT molecular complexity index is 1020. The van der Waals surface area contributed by atoms with Crippen LogP contribution in [0.15, 0.2) is 61.2 Å². The molecule has 0 amide bonds. The van der Waals surface area contributed by atoms with Crippen molar-refractivity contribution in [3.63, 3.8) is 0 Å². The second kappa shape index (κ2) is 9.31. The average Bonchev–Trinajstić information content (AvgIpc) is 2.70. The maximum absolute atomic E-state index is 4.33. The van der Waals surface area contributed by atoms with Crippen LogP contribution < -0.4 is 15.8 Å². The average molecular weight is 386 g/mol. The number of benzene rings is 2. The van der Waals surface area contributed by atoms with E-state index in [4.69, 9.17) is 0 Å². The van der Waals surface area contributed by atoms with E-state index in [1.165, 1.54) is 52.9 Å². The molecule has 1 saturated carbocycles. The molecule has 2 aromatic carbocycles. The van der Waals surface area contributed by atoms with Crippen LogP contribution in [0.2, 0.25) is 0 Å². The lowest BCUT2D eigenvalue weighted by atomic mass is 9.87. The molecule has 1 nitrogen and oxygen atoms in total. The van der Waals surface area contributed by atoms with E-state index < -0.39 is 0 Å². The van der Waals surface area contributed by atoms with Gasteiger partial charge in [0.05, 0.1) is 0 Å². The van der Waals surface area contributed by atoms with Gasteiger partial charge in [-0.1, -0.05) is 62.0 Å². The molecule has 0 aliphatic heterocycles. The molecule has 0 heterocycles. The SMILES string of the molecule is C=C(/C=c1/ccc(C)c/c1=C(/C)NC1CCC(C)CC1)C(=C)c1ccccc1C. The molecule has 1 N–H and O–H groups in total. The van der Waals surface area contributed by atoms with E-state index in [0.717, 1.165) is 22.6 Å². The van der Waals surface area contributed by atoms with Gasteiger partial charge in [-0.25, -0.2) is 0 Å². The van der Waals surface area contributed by atoms with Gasteiger partial charge in [-0.05, 0) is 92.0 Å². The van der Waals surface area contributed by atoms with Gasteiger partial charge in [-0.3, -0.25) is 0 Å². The zero-order valence-corrected chi connectivity index (χ0v) is 18.5. The van der Waals surface area contributed by atoms with Crippen molar-refractivity contribution < 1.29 is 0 Å². The summed E-state index contributed by atoms with van der Waals surface area (Å²) in [4.78, 5) is 0. The van der Waals surface area contributed by atoms with Crippen LogP contribution in [0.25, 0.3) is 17.3 Å². The summed E-state index contributed by atoms with van der Waals surface area (Å²) in [6, 6.07) is 15.6. The van der Waals surface area contributed by atoms with Gasteiger partial charge in [-0.2, -0.15) is 0 Å². The van der Waals surface area contributed by atoms with Crippen molar-refractivity contribution in [3.8, 4) is 0 Å². The van der Waals surface area contributed by atoms with Gasteiger partial charge >= 0.3 is 0 Å². The molecular formula is C28H35N. The van der Waals surface area contributed by atoms with Gasteiger partial charge in [0, 0.05) is 17.0 Å². The highest BCUT2D eigenvalue weighted by Crippen LogP contribution is 2.24. The molecule has 1 aliphatic carbocycles. The highest BCUT2D eigenvalue weighted by Gasteiger charge is 2.17. The molecule has 29 heavy (non-hydrogen) atoms. The lowest BCUT2D eigenvalue weighted by Crippen LogP contribution is -2.37. The fourth-order valence-corrected chi connectivity index (χ4v) is 4.27. The van der Waals surface area contributed by atoms with Crippen LogP contribution in [-0.2, 0) is 0 Å². The van der Waals surface area contributed by atoms with Gasteiger partial charge in [-0.15, -0.1) is 0 Å². The maximum atomic E-state index is 4.33. The Morgan fingerprint density at radius 1 is 1.00 bits per heavy atom. The van der Waals surface area contributed by atoms with Gasteiger partial charge in [0.2, 0.25) is 0 Å². The Balaban J connectivity index is 1.94. The van der Waals surface area contributed by atoms with E-state index in [9.17, 15) is 0 Å². The van der Waals surface area contributed by atoms with Crippen molar-refractivity contribution in [2.45, 2.75) is 59.4 Å². The number of aryl methyl sites for hydroxylation is 2. The zero-order chi connectivity index (χ0) is 21.0. The third-order valence-corrected chi connectivity index (χ3v) is 6.24. The Morgan fingerprint density at radius 2 is 1.69 bits per heavy atom. The second-order valence-electron chi connectivity index (χ2n) is 8.78. The third-order valence-electron chi connectivity index (χ3n) is 6.24. The number of hydrogen-bond acceptors (Lipinski definition) is 1. The summed E-state index contributed by atoms with van der Waals surface area (Å²) in [6.45, 7) is 17.5. The highest BCUT2D eigenvalue weighted by atomic mass is 14.9. The smallest absolute Gasteiger partial charge is 0.0258 e. The number of hydrogen-bond donors (Lipinski definition) is 1. The van der Waals surface area contributed by atoms with Crippen molar-refractivity contribution in [2.75, 3.05) is 0 Å². The quantitative estimate of drug-likeness (QED) is 0.656. The van der Waals surface area contributed by atoms with E-state index in [2.05, 4.69) is 94.7 Å².